The number of benzene rings is 2. The number of anilines is 1. The summed E-state index contributed by atoms with van der Waals surface area (Å²) in [6.07, 6.45) is 2.64. The first-order valence-corrected chi connectivity index (χ1v) is 10.7. The molecule has 29 heavy (non-hydrogen) atoms. The summed E-state index contributed by atoms with van der Waals surface area (Å²) in [5.74, 6) is -0.632. The lowest BCUT2D eigenvalue weighted by molar-refractivity contribution is -0.114. The molecule has 0 spiro atoms. The molecule has 0 aliphatic rings. The van der Waals surface area contributed by atoms with Crippen molar-refractivity contribution in [2.75, 3.05) is 5.32 Å². The Morgan fingerprint density at radius 1 is 1.07 bits per heavy atom. The molecule has 2 rings (SSSR count). The molecule has 0 aromatic heterocycles. The van der Waals surface area contributed by atoms with Crippen LogP contribution in [0.25, 0.3) is 10.8 Å². The Labute approximate surface area is 171 Å². The number of nitroso groups, excluding NO2 is 3. The largest absolute Gasteiger partial charge is 0.507 e. The minimum absolute atomic E-state index is 0.0732. The lowest BCUT2D eigenvalue weighted by Crippen LogP contribution is -2.06. The Bertz CT molecular complexity index is 850. The van der Waals surface area contributed by atoms with Crippen LogP contribution in [0.3, 0.4) is 0 Å². The molecule has 0 fully saturated rings. The first-order valence-electron chi connectivity index (χ1n) is 9.21. The first-order chi connectivity index (χ1) is 13.8. The van der Waals surface area contributed by atoms with Crippen LogP contribution in [0.15, 0.2) is 42.9 Å². The molecule has 0 radical (unpaired) electrons. The molecule has 2 N–H and O–H groups in total. The van der Waals surface area contributed by atoms with E-state index in [9.17, 15) is 24.6 Å². The second-order valence-electron chi connectivity index (χ2n) is 5.68. The molecule has 2 aromatic rings. The van der Waals surface area contributed by atoms with Gasteiger partial charge in [0.25, 0.3) is 0 Å². The number of carbonyl (C=O) groups is 1. The molecule has 10 heteroatoms. The Kier molecular flexibility index (Phi) is 11.3. The summed E-state index contributed by atoms with van der Waals surface area (Å²) < 4.78 is 7.50. The number of phenolic OH excluding ortho intramolecular Hbond substituents is 1. The number of nitrogens with zero attached hydrogens (tertiary/aromatic N) is 3. The average molecular weight is 425 g/mol. The van der Waals surface area contributed by atoms with Gasteiger partial charge in [0.1, 0.15) is 5.75 Å². The van der Waals surface area contributed by atoms with Gasteiger partial charge in [-0.3, -0.25) is 4.79 Å². The molecule has 2 aromatic carbocycles. The summed E-state index contributed by atoms with van der Waals surface area (Å²) in [7, 11) is -3.71. The molecule has 0 aliphatic heterocycles. The molecule has 0 aliphatic carbocycles. The van der Waals surface area contributed by atoms with E-state index in [0.717, 1.165) is 0 Å². The van der Waals surface area contributed by atoms with Crippen LogP contribution in [0.1, 0.15) is 53.0 Å². The highest BCUT2D eigenvalue weighted by atomic mass is 32.3. The van der Waals surface area contributed by atoms with E-state index >= 15 is 0 Å². The number of phenols is 1. The topological polar surface area (TPSA) is 138 Å². The summed E-state index contributed by atoms with van der Waals surface area (Å²) in [5, 5.41) is 13.7. The van der Waals surface area contributed by atoms with E-state index in [1.165, 1.54) is 32.8 Å². The van der Waals surface area contributed by atoms with Gasteiger partial charge in [0.15, 0.2) is 10.6 Å². The van der Waals surface area contributed by atoms with Crippen LogP contribution in [0.5, 0.6) is 5.75 Å². The predicted molar refractivity (Wildman–Crippen MR) is 120 cm³/mol. The summed E-state index contributed by atoms with van der Waals surface area (Å²) in [6, 6.07) is 6.10. The van der Waals surface area contributed by atoms with Crippen LogP contribution < -0.4 is 5.32 Å². The van der Waals surface area contributed by atoms with Gasteiger partial charge < -0.3 is 10.4 Å². The van der Waals surface area contributed by atoms with Gasteiger partial charge in [0, 0.05) is 31.6 Å². The number of amides is 1. The third-order valence-electron chi connectivity index (χ3n) is 3.76. The van der Waals surface area contributed by atoms with Crippen molar-refractivity contribution in [1.82, 2.24) is 0 Å². The van der Waals surface area contributed by atoms with E-state index < -0.39 is 10.6 Å². The van der Waals surface area contributed by atoms with E-state index in [4.69, 9.17) is 0 Å². The maximum atomic E-state index is 11.3. The fraction of sp³-hybridized carbons (Fsp3) is 0.421. The normalized spacial score (nSPS) is 10.6. The van der Waals surface area contributed by atoms with Crippen LogP contribution in [0.4, 0.5) is 5.69 Å². The van der Waals surface area contributed by atoms with Crippen LogP contribution >= 0.6 is 10.6 Å². The van der Waals surface area contributed by atoms with Crippen molar-refractivity contribution in [3.8, 4) is 5.75 Å². The molecule has 0 saturated carbocycles. The molecular weight excluding hydrogens is 396 g/mol. The third-order valence-corrected chi connectivity index (χ3v) is 5.40. The van der Waals surface area contributed by atoms with Crippen LogP contribution in [-0.4, -0.2) is 11.0 Å². The van der Waals surface area contributed by atoms with Gasteiger partial charge in [-0.15, -0.1) is 14.7 Å². The number of hydrogen-bond acceptors (Lipinski definition) is 8. The molecule has 0 atom stereocenters. The zero-order chi connectivity index (χ0) is 22.6. The quantitative estimate of drug-likeness (QED) is 0.488. The highest BCUT2D eigenvalue weighted by Gasteiger charge is 2.35. The lowest BCUT2D eigenvalue weighted by Gasteiger charge is -2.19. The number of carbonyl (C=O) groups excluding carboxylic acids is 1. The van der Waals surface area contributed by atoms with Gasteiger partial charge in [-0.1, -0.05) is 52.7 Å². The van der Waals surface area contributed by atoms with Crippen LogP contribution in [0.2, 0.25) is 0 Å². The summed E-state index contributed by atoms with van der Waals surface area (Å²) in [4.78, 5) is 44.0. The molecule has 0 saturated heterocycles. The second kappa shape index (κ2) is 12.6. The van der Waals surface area contributed by atoms with E-state index in [2.05, 4.69) is 32.9 Å². The average Bonchev–Trinajstić information content (AvgIpc) is 2.74. The fourth-order valence-electron chi connectivity index (χ4n) is 2.25. The van der Waals surface area contributed by atoms with Crippen LogP contribution in [-0.2, 0) is 4.79 Å². The number of unbranched alkanes of at least 4 members (excludes halogenated alkanes) is 1. The molecule has 0 heterocycles. The highest BCUT2D eigenvalue weighted by Crippen LogP contribution is 2.62. The van der Waals surface area contributed by atoms with E-state index in [-0.39, 0.29) is 22.1 Å². The zero-order valence-corrected chi connectivity index (χ0v) is 18.4. The maximum Gasteiger partial charge on any atom is 0.221 e. The Balaban J connectivity index is 0.00000116. The summed E-state index contributed by atoms with van der Waals surface area (Å²) in [5.41, 5.74) is 0.420. The van der Waals surface area contributed by atoms with E-state index in [1.54, 1.807) is 18.2 Å². The number of nitrogens with one attached hydrogen (secondary N) is 1. The van der Waals surface area contributed by atoms with Gasteiger partial charge in [0.05, 0.1) is 10.6 Å². The lowest BCUT2D eigenvalue weighted by atomic mass is 10.0. The van der Waals surface area contributed by atoms with E-state index in [0.29, 0.717) is 16.5 Å². The maximum absolute atomic E-state index is 11.3. The minimum atomic E-state index is -3.71. The first kappa shape index (κ1) is 26.1. The second-order valence-corrected chi connectivity index (χ2v) is 7.60. The molecule has 9 nitrogen and oxygen atoms in total. The number of fused-ring (bicyclic) bond motifs is 1. The highest BCUT2D eigenvalue weighted by molar-refractivity contribution is 8.30. The van der Waals surface area contributed by atoms with Crippen molar-refractivity contribution in [3.05, 3.63) is 44.6 Å². The molecule has 160 valence electrons. The predicted octanol–water partition coefficient (Wildman–Crippen LogP) is 6.85. The van der Waals surface area contributed by atoms with Crippen LogP contribution in [0, 0.1) is 21.6 Å². The Morgan fingerprint density at radius 2 is 1.59 bits per heavy atom. The fourth-order valence-corrected chi connectivity index (χ4v) is 3.36. The number of hydrogen-bond donors (Lipinski definition) is 2. The van der Waals surface area contributed by atoms with Gasteiger partial charge >= 0.3 is 0 Å². The zero-order valence-electron chi connectivity index (χ0n) is 17.6. The Morgan fingerprint density at radius 3 is 2.00 bits per heavy atom. The standard InChI is InChI=1S/C13H12N4O5S.C4H10.C2H6/c1-7-11(23(15-20,16-21)17-22)6-9-4-3-5-10(14-8(2)18)12(9)13(7)19;1-3-4-2;1-2/h3-6,19H,1-2H3,(H,14,18);3-4H2,1-2H3;1-2H3. The van der Waals surface area contributed by atoms with Crippen molar-refractivity contribution in [1.29, 1.82) is 0 Å². The van der Waals surface area contributed by atoms with E-state index in [1.807, 2.05) is 13.8 Å². The van der Waals surface area contributed by atoms with Gasteiger partial charge in [-0.2, -0.15) is 0 Å². The van der Waals surface area contributed by atoms with Crippen molar-refractivity contribution in [2.24, 2.45) is 13.7 Å². The van der Waals surface area contributed by atoms with Crippen molar-refractivity contribution in [3.63, 3.8) is 0 Å². The summed E-state index contributed by atoms with van der Waals surface area (Å²) >= 11 is 0. The smallest absolute Gasteiger partial charge is 0.221 e. The van der Waals surface area contributed by atoms with Crippen molar-refractivity contribution in [2.45, 2.75) is 59.3 Å². The number of aromatic hydroxyl groups is 1. The van der Waals surface area contributed by atoms with Gasteiger partial charge in [-0.05, 0) is 24.4 Å². The molecule has 0 bridgehead atoms. The van der Waals surface area contributed by atoms with Gasteiger partial charge in [0.2, 0.25) is 5.91 Å². The molecule has 0 unspecified atom stereocenters. The minimum Gasteiger partial charge on any atom is -0.507 e. The monoisotopic (exact) mass is 424 g/mol. The SMILES string of the molecule is CC.CC(=O)Nc1cccc2cc(S(N=O)(N=O)N=O)c(C)c(O)c12.CCCC. The third kappa shape index (κ3) is 6.05. The van der Waals surface area contributed by atoms with Crippen molar-refractivity contribution < 1.29 is 9.90 Å². The molecule has 1 amide bonds. The summed E-state index contributed by atoms with van der Waals surface area (Å²) in [6.45, 7) is 11.1. The number of rotatable bonds is 6. The Hall–Kier alpha value is -2.88. The molecular formula is C19H28N4O5S. The van der Waals surface area contributed by atoms with Gasteiger partial charge in [-0.25, -0.2) is 0 Å². The van der Waals surface area contributed by atoms with Crippen molar-refractivity contribution >= 4 is 33.0 Å².